The summed E-state index contributed by atoms with van der Waals surface area (Å²) < 4.78 is 0. The third-order valence-electron chi connectivity index (χ3n) is 1.63. The second-order valence-corrected chi connectivity index (χ2v) is 2.72. The summed E-state index contributed by atoms with van der Waals surface area (Å²) in [7, 11) is 0. The molecule has 12 heavy (non-hydrogen) atoms. The molecule has 1 aromatic carbocycles. The van der Waals surface area contributed by atoms with E-state index in [1.807, 2.05) is 6.07 Å². The lowest BCUT2D eigenvalue weighted by Crippen LogP contribution is -2.14. The first kappa shape index (κ1) is 8.93. The molecular weight excluding hydrogens is 172 g/mol. The number of benzene rings is 1. The fourth-order valence-corrected chi connectivity index (χ4v) is 1.24. The third-order valence-corrected chi connectivity index (χ3v) is 1.97. The fraction of sp³-hybridized carbons (Fsp3) is 0.125. The van der Waals surface area contributed by atoms with Crippen LogP contribution in [0.15, 0.2) is 18.2 Å². The number of nitrogen functional groups attached to an aromatic ring is 1. The zero-order valence-corrected chi connectivity index (χ0v) is 7.34. The first-order valence-electron chi connectivity index (χ1n) is 3.45. The van der Waals surface area contributed by atoms with Gasteiger partial charge in [0.25, 0.3) is 5.91 Å². The number of hydrogen-bond donors (Lipinski definition) is 3. The molecule has 3 nitrogen and oxygen atoms in total. The summed E-state index contributed by atoms with van der Waals surface area (Å²) in [6, 6.07) is 5.15. The number of primary amides is 1. The topological polar surface area (TPSA) is 69.1 Å². The number of rotatable bonds is 2. The lowest BCUT2D eigenvalue weighted by Gasteiger charge is -2.05. The Kier molecular flexibility index (Phi) is 2.60. The lowest BCUT2D eigenvalue weighted by molar-refractivity contribution is 0.100. The van der Waals surface area contributed by atoms with Crippen LogP contribution in [0.3, 0.4) is 0 Å². The van der Waals surface area contributed by atoms with Gasteiger partial charge in [-0.3, -0.25) is 4.79 Å². The van der Waals surface area contributed by atoms with Crippen LogP contribution in [0, 0.1) is 0 Å². The molecule has 0 saturated heterocycles. The van der Waals surface area contributed by atoms with Gasteiger partial charge in [-0.1, -0.05) is 12.1 Å². The van der Waals surface area contributed by atoms with Crippen LogP contribution in [-0.4, -0.2) is 5.91 Å². The zero-order chi connectivity index (χ0) is 9.14. The van der Waals surface area contributed by atoms with Crippen molar-refractivity contribution in [2.45, 2.75) is 5.75 Å². The van der Waals surface area contributed by atoms with E-state index in [1.165, 1.54) is 0 Å². The molecule has 0 radical (unpaired) electrons. The van der Waals surface area contributed by atoms with E-state index >= 15 is 0 Å². The van der Waals surface area contributed by atoms with E-state index in [4.69, 9.17) is 11.5 Å². The van der Waals surface area contributed by atoms with Crippen LogP contribution in [0.5, 0.6) is 0 Å². The molecule has 0 fully saturated rings. The van der Waals surface area contributed by atoms with E-state index in [-0.39, 0.29) is 0 Å². The number of hydrogen-bond acceptors (Lipinski definition) is 3. The molecule has 0 aliphatic rings. The van der Waals surface area contributed by atoms with Gasteiger partial charge in [-0.25, -0.2) is 0 Å². The fourth-order valence-electron chi connectivity index (χ4n) is 0.966. The normalized spacial score (nSPS) is 9.75. The highest BCUT2D eigenvalue weighted by Gasteiger charge is 2.07. The standard InChI is InChI=1S/C8H10N2OS/c9-7-5(4-12)2-1-3-6(7)8(10)11/h1-3,12H,4,9H2,(H2,10,11). The summed E-state index contributed by atoms with van der Waals surface area (Å²) in [4.78, 5) is 10.8. The Balaban J connectivity index is 3.23. The average molecular weight is 182 g/mol. The van der Waals surface area contributed by atoms with Gasteiger partial charge in [0.05, 0.1) is 5.56 Å². The Bertz CT molecular complexity index is 312. The first-order chi connectivity index (χ1) is 5.66. The van der Waals surface area contributed by atoms with Crippen molar-refractivity contribution in [2.24, 2.45) is 5.73 Å². The molecule has 0 atom stereocenters. The second-order valence-electron chi connectivity index (χ2n) is 2.40. The van der Waals surface area contributed by atoms with E-state index in [0.29, 0.717) is 17.0 Å². The summed E-state index contributed by atoms with van der Waals surface area (Å²) in [5.41, 5.74) is 12.4. The SMILES string of the molecule is NC(=O)c1cccc(CS)c1N. The number of carbonyl (C=O) groups is 1. The van der Waals surface area contributed by atoms with Gasteiger partial charge in [0.15, 0.2) is 0 Å². The molecule has 0 heterocycles. The second kappa shape index (κ2) is 3.49. The highest BCUT2D eigenvalue weighted by molar-refractivity contribution is 7.79. The molecule has 1 rings (SSSR count). The number of carbonyl (C=O) groups excluding carboxylic acids is 1. The van der Waals surface area contributed by atoms with Crippen molar-refractivity contribution in [3.05, 3.63) is 29.3 Å². The maximum absolute atomic E-state index is 10.8. The molecule has 4 N–H and O–H groups in total. The van der Waals surface area contributed by atoms with E-state index in [0.717, 1.165) is 5.56 Å². The molecule has 0 aromatic heterocycles. The number of thiol groups is 1. The smallest absolute Gasteiger partial charge is 0.250 e. The quantitative estimate of drug-likeness (QED) is 0.467. The van der Waals surface area contributed by atoms with Crippen LogP contribution in [0.2, 0.25) is 0 Å². The molecule has 0 spiro atoms. The minimum atomic E-state index is -0.504. The van der Waals surface area contributed by atoms with E-state index < -0.39 is 5.91 Å². The Morgan fingerprint density at radius 2 is 2.17 bits per heavy atom. The largest absolute Gasteiger partial charge is 0.398 e. The Hall–Kier alpha value is -1.16. The molecule has 1 aromatic rings. The van der Waals surface area contributed by atoms with Gasteiger partial charge in [-0.2, -0.15) is 12.6 Å². The average Bonchev–Trinajstić information content (AvgIpc) is 2.04. The van der Waals surface area contributed by atoms with E-state index in [2.05, 4.69) is 12.6 Å². The molecular formula is C8H10N2OS. The summed E-state index contributed by atoms with van der Waals surface area (Å²) in [6.07, 6.45) is 0. The van der Waals surface area contributed by atoms with Crippen LogP contribution in [0.4, 0.5) is 5.69 Å². The Morgan fingerprint density at radius 3 is 2.67 bits per heavy atom. The molecule has 0 bridgehead atoms. The molecule has 4 heteroatoms. The minimum absolute atomic E-state index is 0.363. The van der Waals surface area contributed by atoms with E-state index in [1.54, 1.807) is 12.1 Å². The number of nitrogens with two attached hydrogens (primary N) is 2. The third kappa shape index (κ3) is 1.53. The molecule has 0 unspecified atom stereocenters. The number of anilines is 1. The van der Waals surface area contributed by atoms with Crippen molar-refractivity contribution in [1.82, 2.24) is 0 Å². The highest BCUT2D eigenvalue weighted by Crippen LogP contribution is 2.18. The summed E-state index contributed by atoms with van der Waals surface area (Å²) >= 11 is 4.06. The van der Waals surface area contributed by atoms with Crippen molar-refractivity contribution in [1.29, 1.82) is 0 Å². The van der Waals surface area contributed by atoms with Crippen LogP contribution in [0.1, 0.15) is 15.9 Å². The van der Waals surface area contributed by atoms with Crippen molar-refractivity contribution in [3.63, 3.8) is 0 Å². The van der Waals surface area contributed by atoms with Crippen LogP contribution in [0.25, 0.3) is 0 Å². The first-order valence-corrected chi connectivity index (χ1v) is 4.08. The Labute approximate surface area is 76.2 Å². The molecule has 64 valence electrons. The molecule has 0 saturated carbocycles. The van der Waals surface area contributed by atoms with Crippen LogP contribution < -0.4 is 11.5 Å². The predicted molar refractivity (Wildman–Crippen MR) is 52.1 cm³/mol. The zero-order valence-electron chi connectivity index (χ0n) is 6.45. The van der Waals surface area contributed by atoms with Gasteiger partial charge in [0.1, 0.15) is 0 Å². The highest BCUT2D eigenvalue weighted by atomic mass is 32.1. The summed E-state index contributed by atoms with van der Waals surface area (Å²) in [5.74, 6) is 0.00332. The minimum Gasteiger partial charge on any atom is -0.398 e. The van der Waals surface area contributed by atoms with E-state index in [9.17, 15) is 4.79 Å². The van der Waals surface area contributed by atoms with Gasteiger partial charge in [-0.05, 0) is 11.6 Å². The maximum atomic E-state index is 10.8. The number of amides is 1. The lowest BCUT2D eigenvalue weighted by atomic mass is 10.1. The van der Waals surface area contributed by atoms with Gasteiger partial charge < -0.3 is 11.5 Å². The molecule has 0 aliphatic heterocycles. The summed E-state index contributed by atoms with van der Waals surface area (Å²) in [5, 5.41) is 0. The van der Waals surface area contributed by atoms with Crippen molar-refractivity contribution < 1.29 is 4.79 Å². The number of para-hydroxylation sites is 1. The van der Waals surface area contributed by atoms with Crippen LogP contribution in [-0.2, 0) is 5.75 Å². The monoisotopic (exact) mass is 182 g/mol. The van der Waals surface area contributed by atoms with Crippen molar-refractivity contribution >= 4 is 24.2 Å². The van der Waals surface area contributed by atoms with Gasteiger partial charge in [0, 0.05) is 11.4 Å². The Morgan fingerprint density at radius 1 is 1.50 bits per heavy atom. The maximum Gasteiger partial charge on any atom is 0.250 e. The van der Waals surface area contributed by atoms with Gasteiger partial charge in [-0.15, -0.1) is 0 Å². The van der Waals surface area contributed by atoms with Crippen molar-refractivity contribution in [3.8, 4) is 0 Å². The molecule has 0 aliphatic carbocycles. The van der Waals surface area contributed by atoms with Crippen LogP contribution >= 0.6 is 12.6 Å². The molecule has 1 amide bonds. The van der Waals surface area contributed by atoms with Crippen molar-refractivity contribution in [2.75, 3.05) is 5.73 Å². The predicted octanol–water partition coefficient (Wildman–Crippen LogP) is 0.798. The summed E-state index contributed by atoms with van der Waals surface area (Å²) in [6.45, 7) is 0. The van der Waals surface area contributed by atoms with Gasteiger partial charge in [0.2, 0.25) is 0 Å². The van der Waals surface area contributed by atoms with Gasteiger partial charge >= 0.3 is 0 Å².